The third-order valence-corrected chi connectivity index (χ3v) is 4.00. The van der Waals surface area contributed by atoms with Crippen LogP contribution in [-0.4, -0.2) is 48.3 Å². The van der Waals surface area contributed by atoms with Gasteiger partial charge in [-0.2, -0.15) is 0 Å². The molecule has 2 aliphatic rings. The number of piperidine rings is 1. The lowest BCUT2D eigenvalue weighted by atomic mass is 10.0. The van der Waals surface area contributed by atoms with E-state index in [9.17, 15) is 9.90 Å². The van der Waals surface area contributed by atoms with E-state index >= 15 is 0 Å². The summed E-state index contributed by atoms with van der Waals surface area (Å²) in [7, 11) is 0. The van der Waals surface area contributed by atoms with E-state index in [1.807, 2.05) is 0 Å². The number of ketones is 1. The minimum absolute atomic E-state index is 0.0589. The molecule has 1 fully saturated rings. The minimum atomic E-state index is 0.0589. The smallest absolute Gasteiger partial charge is 0.231 e. The number of aliphatic hydroxyl groups excluding tert-OH is 1. The molecule has 2 aliphatic heterocycles. The van der Waals surface area contributed by atoms with Crippen molar-refractivity contribution in [3.8, 4) is 11.5 Å². The standard InChI is InChI=1S/C15H19NO4/c17-9-12-3-1-2-6-16(12)8-13(18)11-4-5-14-15(7-11)20-10-19-14/h4-5,7,12,17H,1-3,6,8-10H2. The molecule has 1 N–H and O–H groups in total. The summed E-state index contributed by atoms with van der Waals surface area (Å²) < 4.78 is 10.5. The van der Waals surface area contributed by atoms with Gasteiger partial charge in [0.05, 0.1) is 13.2 Å². The van der Waals surface area contributed by atoms with Gasteiger partial charge in [0.1, 0.15) is 0 Å². The van der Waals surface area contributed by atoms with Gasteiger partial charge in [-0.15, -0.1) is 0 Å². The van der Waals surface area contributed by atoms with E-state index in [1.165, 1.54) is 0 Å². The molecule has 1 aromatic rings. The number of likely N-dealkylation sites (tertiary alicyclic amines) is 1. The van der Waals surface area contributed by atoms with Crippen LogP contribution in [0.3, 0.4) is 0 Å². The van der Waals surface area contributed by atoms with Gasteiger partial charge >= 0.3 is 0 Å². The Kier molecular flexibility index (Phi) is 3.89. The van der Waals surface area contributed by atoms with E-state index in [1.54, 1.807) is 18.2 Å². The quantitative estimate of drug-likeness (QED) is 0.844. The van der Waals surface area contributed by atoms with E-state index < -0.39 is 0 Å². The summed E-state index contributed by atoms with van der Waals surface area (Å²) >= 11 is 0. The van der Waals surface area contributed by atoms with Crippen LogP contribution in [0.1, 0.15) is 29.6 Å². The lowest BCUT2D eigenvalue weighted by Gasteiger charge is -2.33. The monoisotopic (exact) mass is 277 g/mol. The highest BCUT2D eigenvalue weighted by Gasteiger charge is 2.24. The largest absolute Gasteiger partial charge is 0.454 e. The molecular formula is C15H19NO4. The number of ether oxygens (including phenoxy) is 2. The van der Waals surface area contributed by atoms with Crippen LogP contribution in [-0.2, 0) is 0 Å². The molecule has 0 saturated carbocycles. The lowest BCUT2D eigenvalue weighted by molar-refractivity contribution is 0.0711. The molecule has 2 heterocycles. The Morgan fingerprint density at radius 2 is 2.15 bits per heavy atom. The first kappa shape index (κ1) is 13.4. The second-order valence-corrected chi connectivity index (χ2v) is 5.29. The number of carbonyl (C=O) groups excluding carboxylic acids is 1. The van der Waals surface area contributed by atoms with Gasteiger partial charge in [0, 0.05) is 11.6 Å². The molecule has 108 valence electrons. The summed E-state index contributed by atoms with van der Waals surface area (Å²) in [6.45, 7) is 1.56. The maximum atomic E-state index is 12.4. The van der Waals surface area contributed by atoms with Crippen molar-refractivity contribution < 1.29 is 19.4 Å². The number of carbonyl (C=O) groups is 1. The van der Waals surface area contributed by atoms with Crippen LogP contribution in [0, 0.1) is 0 Å². The van der Waals surface area contributed by atoms with Crippen molar-refractivity contribution in [1.29, 1.82) is 0 Å². The second-order valence-electron chi connectivity index (χ2n) is 5.29. The molecule has 1 aromatic carbocycles. The first-order valence-corrected chi connectivity index (χ1v) is 7.05. The van der Waals surface area contributed by atoms with Gasteiger partial charge in [-0.25, -0.2) is 0 Å². The summed E-state index contributed by atoms with van der Waals surface area (Å²) in [4.78, 5) is 14.4. The third kappa shape index (κ3) is 2.64. The molecule has 0 amide bonds. The number of hydrogen-bond acceptors (Lipinski definition) is 5. The van der Waals surface area contributed by atoms with Crippen LogP contribution < -0.4 is 9.47 Å². The maximum absolute atomic E-state index is 12.4. The van der Waals surface area contributed by atoms with Crippen molar-refractivity contribution in [3.63, 3.8) is 0 Å². The zero-order valence-electron chi connectivity index (χ0n) is 11.4. The first-order valence-electron chi connectivity index (χ1n) is 7.05. The molecule has 5 heteroatoms. The summed E-state index contributed by atoms with van der Waals surface area (Å²) in [5.41, 5.74) is 0.636. The van der Waals surface area contributed by atoms with Gasteiger partial charge in [-0.3, -0.25) is 9.69 Å². The average Bonchev–Trinajstić information content (AvgIpc) is 2.95. The predicted octanol–water partition coefficient (Wildman–Crippen LogP) is 1.44. The van der Waals surface area contributed by atoms with E-state index in [2.05, 4.69) is 4.90 Å². The molecule has 0 bridgehead atoms. The molecule has 1 unspecified atom stereocenters. The molecule has 1 saturated heterocycles. The molecule has 0 radical (unpaired) electrons. The Morgan fingerprint density at radius 3 is 3.00 bits per heavy atom. The normalized spacial score (nSPS) is 21.9. The van der Waals surface area contributed by atoms with E-state index in [4.69, 9.17) is 9.47 Å². The minimum Gasteiger partial charge on any atom is -0.454 e. The van der Waals surface area contributed by atoms with Gasteiger partial charge in [0.2, 0.25) is 6.79 Å². The number of aliphatic hydroxyl groups is 1. The van der Waals surface area contributed by atoms with Crippen LogP contribution in [0.15, 0.2) is 18.2 Å². The zero-order chi connectivity index (χ0) is 13.9. The molecule has 0 aliphatic carbocycles. The molecular weight excluding hydrogens is 258 g/mol. The van der Waals surface area contributed by atoms with Crippen LogP contribution in [0.25, 0.3) is 0 Å². The van der Waals surface area contributed by atoms with Gasteiger partial charge in [0.25, 0.3) is 0 Å². The van der Waals surface area contributed by atoms with Gasteiger partial charge < -0.3 is 14.6 Å². The Bertz CT molecular complexity index is 503. The number of hydrogen-bond donors (Lipinski definition) is 1. The van der Waals surface area contributed by atoms with Crippen molar-refractivity contribution in [2.24, 2.45) is 0 Å². The lowest BCUT2D eigenvalue weighted by Crippen LogP contribution is -2.44. The fraction of sp³-hybridized carbons (Fsp3) is 0.533. The fourth-order valence-corrected chi connectivity index (χ4v) is 2.82. The molecule has 1 atom stereocenters. The maximum Gasteiger partial charge on any atom is 0.231 e. The number of benzene rings is 1. The molecule has 20 heavy (non-hydrogen) atoms. The highest BCUT2D eigenvalue weighted by molar-refractivity contribution is 5.98. The summed E-state index contributed by atoms with van der Waals surface area (Å²) in [6, 6.07) is 5.40. The van der Waals surface area contributed by atoms with Gasteiger partial charge in [-0.05, 0) is 37.6 Å². The van der Waals surface area contributed by atoms with Crippen LogP contribution in [0.5, 0.6) is 11.5 Å². The first-order chi connectivity index (χ1) is 9.78. The van der Waals surface area contributed by atoms with Crippen LogP contribution in [0.2, 0.25) is 0 Å². The van der Waals surface area contributed by atoms with Crippen LogP contribution >= 0.6 is 0 Å². The highest BCUT2D eigenvalue weighted by atomic mass is 16.7. The van der Waals surface area contributed by atoms with Crippen molar-refractivity contribution in [2.45, 2.75) is 25.3 Å². The summed E-state index contributed by atoms with van der Waals surface area (Å²) in [6.07, 6.45) is 3.18. The topological polar surface area (TPSA) is 59.0 Å². The number of fused-ring (bicyclic) bond motifs is 1. The van der Waals surface area contributed by atoms with Gasteiger partial charge in [0.15, 0.2) is 17.3 Å². The number of rotatable bonds is 4. The molecule has 3 rings (SSSR count). The molecule has 0 aromatic heterocycles. The van der Waals surface area contributed by atoms with Crippen molar-refractivity contribution >= 4 is 5.78 Å². The molecule has 5 nitrogen and oxygen atoms in total. The van der Waals surface area contributed by atoms with Gasteiger partial charge in [-0.1, -0.05) is 6.42 Å². The van der Waals surface area contributed by atoms with Crippen molar-refractivity contribution in [3.05, 3.63) is 23.8 Å². The number of Topliss-reactive ketones (excluding diaryl/α,β-unsaturated/α-hetero) is 1. The Labute approximate surface area is 118 Å². The Morgan fingerprint density at radius 1 is 1.30 bits per heavy atom. The molecule has 0 spiro atoms. The third-order valence-electron chi connectivity index (χ3n) is 4.00. The Balaban J connectivity index is 1.69. The number of nitrogens with zero attached hydrogens (tertiary/aromatic N) is 1. The summed E-state index contributed by atoms with van der Waals surface area (Å²) in [5, 5.41) is 9.38. The second kappa shape index (κ2) is 5.81. The van der Waals surface area contributed by atoms with Crippen LogP contribution in [0.4, 0.5) is 0 Å². The van der Waals surface area contributed by atoms with Crippen molar-refractivity contribution in [2.75, 3.05) is 26.5 Å². The summed E-state index contributed by atoms with van der Waals surface area (Å²) in [5.74, 6) is 1.38. The fourth-order valence-electron chi connectivity index (χ4n) is 2.82. The zero-order valence-corrected chi connectivity index (χ0v) is 11.4. The highest BCUT2D eigenvalue weighted by Crippen LogP contribution is 2.32. The predicted molar refractivity (Wildman–Crippen MR) is 73.2 cm³/mol. The van der Waals surface area contributed by atoms with E-state index in [0.29, 0.717) is 23.6 Å². The SMILES string of the molecule is O=C(CN1CCCCC1CO)c1ccc2c(c1)OCO2. The average molecular weight is 277 g/mol. The Hall–Kier alpha value is -1.59. The van der Waals surface area contributed by atoms with E-state index in [-0.39, 0.29) is 25.2 Å². The van der Waals surface area contributed by atoms with E-state index in [0.717, 1.165) is 25.8 Å². The van der Waals surface area contributed by atoms with Crippen molar-refractivity contribution in [1.82, 2.24) is 4.90 Å².